The molecular weight excluding hydrogens is 412 g/mol. The third kappa shape index (κ3) is 2.37. The molecule has 6 nitrogen and oxygen atoms in total. The predicted molar refractivity (Wildman–Crippen MR) is 106 cm³/mol. The van der Waals surface area contributed by atoms with Gasteiger partial charge in [0.1, 0.15) is 6.33 Å². The average molecular weight is 425 g/mol. The van der Waals surface area contributed by atoms with E-state index in [4.69, 9.17) is 4.98 Å². The molecule has 0 aliphatic carbocycles. The Bertz CT molecular complexity index is 1240. The van der Waals surface area contributed by atoms with Crippen LogP contribution in [0, 0.1) is 0 Å². The van der Waals surface area contributed by atoms with Crippen LogP contribution in [0.15, 0.2) is 53.4 Å². The van der Waals surface area contributed by atoms with Crippen molar-refractivity contribution in [1.29, 1.82) is 0 Å². The van der Waals surface area contributed by atoms with Gasteiger partial charge in [-0.3, -0.25) is 0 Å². The van der Waals surface area contributed by atoms with Gasteiger partial charge >= 0.3 is 0 Å². The Morgan fingerprint density at radius 3 is 2.77 bits per heavy atom. The highest BCUT2D eigenvalue weighted by Crippen LogP contribution is 2.34. The number of hydrogen-bond donors (Lipinski definition) is 0. The zero-order chi connectivity index (χ0) is 17.7. The molecule has 0 aliphatic heterocycles. The first-order valence-corrected chi connectivity index (χ1v) is 9.78. The van der Waals surface area contributed by atoms with E-state index in [9.17, 15) is 0 Å². The number of nitrogens with zero attached hydrogens (tertiary/aromatic N) is 6. The van der Waals surface area contributed by atoms with Crippen molar-refractivity contribution in [1.82, 2.24) is 29.4 Å². The first-order chi connectivity index (χ1) is 12.7. The molecule has 0 amide bonds. The second kappa shape index (κ2) is 6.00. The van der Waals surface area contributed by atoms with Crippen molar-refractivity contribution in [3.05, 3.63) is 58.3 Å². The van der Waals surface area contributed by atoms with Crippen LogP contribution < -0.4 is 0 Å². The Hall–Kier alpha value is -2.58. The van der Waals surface area contributed by atoms with E-state index in [-0.39, 0.29) is 0 Å². The maximum atomic E-state index is 4.75. The van der Waals surface area contributed by atoms with Crippen molar-refractivity contribution in [3.63, 3.8) is 0 Å². The highest BCUT2D eigenvalue weighted by atomic mass is 79.9. The Balaban J connectivity index is 1.69. The smallest absolute Gasteiger partial charge is 0.192 e. The molecule has 1 aromatic carbocycles. The molecule has 5 aromatic rings. The Morgan fingerprint density at radius 1 is 1.15 bits per heavy atom. The normalized spacial score (nSPS) is 11.6. The van der Waals surface area contributed by atoms with Gasteiger partial charge in [0, 0.05) is 9.35 Å². The number of fused-ring (bicyclic) bond motifs is 3. The van der Waals surface area contributed by atoms with Crippen LogP contribution >= 0.6 is 27.3 Å². The second-order valence-electron chi connectivity index (χ2n) is 5.81. The van der Waals surface area contributed by atoms with Gasteiger partial charge in [-0.15, -0.1) is 16.4 Å². The first kappa shape index (κ1) is 15.7. The summed E-state index contributed by atoms with van der Waals surface area (Å²) in [4.78, 5) is 11.6. The lowest BCUT2D eigenvalue weighted by Crippen LogP contribution is -1.98. The zero-order valence-corrected chi connectivity index (χ0v) is 16.2. The number of hydrogen-bond acceptors (Lipinski definition) is 5. The van der Waals surface area contributed by atoms with Crippen LogP contribution in [0.25, 0.3) is 33.1 Å². The van der Waals surface area contributed by atoms with Crippen LogP contribution in [0.2, 0.25) is 0 Å². The van der Waals surface area contributed by atoms with Gasteiger partial charge in [-0.25, -0.2) is 19.2 Å². The molecule has 0 N–H and O–H groups in total. The standard InChI is InChI=1S/C18H13BrN6S/c1-2-14-13(19)8-15(26-14)16-22-18-12-9-21-25(11-6-4-3-5-7-11)17(12)20-10-24(18)23-16/h3-10H,2H2,1H3. The fraction of sp³-hybridized carbons (Fsp3) is 0.111. The summed E-state index contributed by atoms with van der Waals surface area (Å²) in [5.74, 6) is 0.706. The molecule has 0 bridgehead atoms. The molecule has 0 saturated carbocycles. The van der Waals surface area contributed by atoms with E-state index < -0.39 is 0 Å². The van der Waals surface area contributed by atoms with Gasteiger partial charge < -0.3 is 0 Å². The minimum absolute atomic E-state index is 0.706. The maximum Gasteiger partial charge on any atom is 0.192 e. The van der Waals surface area contributed by atoms with E-state index in [0.29, 0.717) is 5.82 Å². The van der Waals surface area contributed by atoms with Crippen molar-refractivity contribution in [2.45, 2.75) is 13.3 Å². The summed E-state index contributed by atoms with van der Waals surface area (Å²) in [5.41, 5.74) is 2.49. The van der Waals surface area contributed by atoms with Crippen LogP contribution in [-0.4, -0.2) is 29.4 Å². The molecule has 0 atom stereocenters. The van der Waals surface area contributed by atoms with E-state index in [1.54, 1.807) is 28.4 Å². The van der Waals surface area contributed by atoms with Gasteiger partial charge in [-0.1, -0.05) is 25.1 Å². The first-order valence-electron chi connectivity index (χ1n) is 8.17. The molecule has 128 valence electrons. The third-order valence-corrected chi connectivity index (χ3v) is 6.45. The summed E-state index contributed by atoms with van der Waals surface area (Å²) in [7, 11) is 0. The zero-order valence-electron chi connectivity index (χ0n) is 13.8. The van der Waals surface area contributed by atoms with Crippen molar-refractivity contribution >= 4 is 43.9 Å². The number of rotatable bonds is 3. The fourth-order valence-corrected chi connectivity index (χ4v) is 4.77. The van der Waals surface area contributed by atoms with Gasteiger partial charge in [0.2, 0.25) is 0 Å². The SMILES string of the molecule is CCc1sc(-c2nc3c4cnn(-c5ccccc5)c4ncn3n2)cc1Br. The molecule has 0 fully saturated rings. The molecule has 0 radical (unpaired) electrons. The molecular formula is C18H13BrN6S. The number of para-hydroxylation sites is 1. The minimum atomic E-state index is 0.706. The summed E-state index contributed by atoms with van der Waals surface area (Å²) in [5, 5.41) is 9.97. The predicted octanol–water partition coefficient (Wildman–Crippen LogP) is 4.52. The average Bonchev–Trinajstić information content (AvgIpc) is 3.37. The van der Waals surface area contributed by atoms with E-state index in [0.717, 1.165) is 38.1 Å². The number of aromatic nitrogens is 6. The van der Waals surface area contributed by atoms with Gasteiger partial charge in [-0.2, -0.15) is 5.10 Å². The molecule has 0 aliphatic rings. The Morgan fingerprint density at radius 2 is 2.00 bits per heavy atom. The van der Waals surface area contributed by atoms with Crippen LogP contribution in [0.4, 0.5) is 0 Å². The summed E-state index contributed by atoms with van der Waals surface area (Å²) in [6.45, 7) is 2.14. The van der Waals surface area contributed by atoms with Crippen LogP contribution in [0.1, 0.15) is 11.8 Å². The number of benzene rings is 1. The van der Waals surface area contributed by atoms with Crippen LogP contribution in [-0.2, 0) is 6.42 Å². The molecule has 8 heteroatoms. The van der Waals surface area contributed by atoms with E-state index in [1.165, 1.54) is 4.88 Å². The lowest BCUT2D eigenvalue weighted by molar-refractivity contribution is 0.883. The Kier molecular flexibility index (Phi) is 3.61. The van der Waals surface area contributed by atoms with Crippen LogP contribution in [0.5, 0.6) is 0 Å². The number of halogens is 1. The van der Waals surface area contributed by atoms with E-state index >= 15 is 0 Å². The topological polar surface area (TPSA) is 60.9 Å². The minimum Gasteiger partial charge on any atom is -0.216 e. The van der Waals surface area contributed by atoms with Crippen molar-refractivity contribution in [3.8, 4) is 16.4 Å². The molecule has 5 rings (SSSR count). The highest BCUT2D eigenvalue weighted by Gasteiger charge is 2.16. The fourth-order valence-electron chi connectivity index (χ4n) is 2.94. The largest absolute Gasteiger partial charge is 0.216 e. The summed E-state index contributed by atoms with van der Waals surface area (Å²) < 4.78 is 4.65. The molecule has 4 heterocycles. The quantitative estimate of drug-likeness (QED) is 0.427. The number of aryl methyl sites for hydroxylation is 1. The maximum absolute atomic E-state index is 4.75. The van der Waals surface area contributed by atoms with Crippen LogP contribution in [0.3, 0.4) is 0 Å². The van der Waals surface area contributed by atoms with Gasteiger partial charge in [0.15, 0.2) is 17.1 Å². The van der Waals surface area contributed by atoms with E-state index in [1.807, 2.05) is 35.0 Å². The molecule has 0 unspecified atom stereocenters. The second-order valence-corrected chi connectivity index (χ2v) is 7.80. The highest BCUT2D eigenvalue weighted by molar-refractivity contribution is 9.10. The lowest BCUT2D eigenvalue weighted by Gasteiger charge is -2.01. The van der Waals surface area contributed by atoms with E-state index in [2.05, 4.69) is 44.1 Å². The number of thiophene rings is 1. The molecule has 4 aromatic heterocycles. The van der Waals surface area contributed by atoms with Crippen molar-refractivity contribution < 1.29 is 0 Å². The molecule has 0 spiro atoms. The van der Waals surface area contributed by atoms with Gasteiger partial charge in [0.05, 0.1) is 22.1 Å². The lowest BCUT2D eigenvalue weighted by atomic mass is 10.3. The molecule has 0 saturated heterocycles. The monoisotopic (exact) mass is 424 g/mol. The van der Waals surface area contributed by atoms with Gasteiger partial charge in [-0.05, 0) is 40.5 Å². The summed E-state index contributed by atoms with van der Waals surface area (Å²) >= 11 is 5.32. The van der Waals surface area contributed by atoms with Gasteiger partial charge in [0.25, 0.3) is 0 Å². The third-order valence-electron chi connectivity index (χ3n) is 4.21. The summed E-state index contributed by atoms with van der Waals surface area (Å²) in [6, 6.07) is 12.0. The summed E-state index contributed by atoms with van der Waals surface area (Å²) in [6.07, 6.45) is 4.47. The molecule has 26 heavy (non-hydrogen) atoms. The van der Waals surface area contributed by atoms with Crippen molar-refractivity contribution in [2.75, 3.05) is 0 Å². The van der Waals surface area contributed by atoms with Crippen molar-refractivity contribution in [2.24, 2.45) is 0 Å². The Labute approximate surface area is 161 Å².